The molecule has 0 radical (unpaired) electrons. The third kappa shape index (κ3) is 3.12. The summed E-state index contributed by atoms with van der Waals surface area (Å²) >= 11 is 1.63. The fourth-order valence-corrected chi connectivity index (χ4v) is 3.34. The summed E-state index contributed by atoms with van der Waals surface area (Å²) < 4.78 is 0. The Kier molecular flexibility index (Phi) is 4.78. The number of nitrogens with zero attached hydrogens (tertiary/aromatic N) is 1. The zero-order valence-electron chi connectivity index (χ0n) is 11.2. The minimum atomic E-state index is 0.187. The second kappa shape index (κ2) is 6.34. The Labute approximate surface area is 113 Å². The highest BCUT2D eigenvalue weighted by molar-refractivity contribution is 7.14. The lowest BCUT2D eigenvalue weighted by atomic mass is 10.1. The first kappa shape index (κ1) is 13.6. The summed E-state index contributed by atoms with van der Waals surface area (Å²) in [6, 6.07) is 4.43. The topological polar surface area (TPSA) is 32.3 Å². The van der Waals surface area contributed by atoms with E-state index in [1.54, 1.807) is 11.3 Å². The third-order valence-electron chi connectivity index (χ3n) is 3.63. The smallest absolute Gasteiger partial charge is 0.263 e. The molecule has 1 atom stereocenters. The molecule has 1 aliphatic heterocycles. The first-order valence-electron chi connectivity index (χ1n) is 6.79. The van der Waals surface area contributed by atoms with Crippen molar-refractivity contribution in [3.8, 4) is 0 Å². The molecule has 0 aromatic carbocycles. The lowest BCUT2D eigenvalue weighted by Crippen LogP contribution is -2.37. The van der Waals surface area contributed by atoms with Crippen LogP contribution in [-0.2, 0) is 6.42 Å². The molecule has 1 fully saturated rings. The van der Waals surface area contributed by atoms with Crippen LogP contribution in [0, 0.1) is 0 Å². The summed E-state index contributed by atoms with van der Waals surface area (Å²) in [6.45, 7) is 4.23. The molecule has 2 heterocycles. The van der Waals surface area contributed by atoms with Crippen molar-refractivity contribution in [3.05, 3.63) is 21.9 Å². The number of nitrogens with one attached hydrogen (secondary N) is 1. The summed E-state index contributed by atoms with van der Waals surface area (Å²) in [5.41, 5.74) is 0. The van der Waals surface area contributed by atoms with Crippen molar-refractivity contribution in [2.45, 2.75) is 38.6 Å². The van der Waals surface area contributed by atoms with E-state index in [4.69, 9.17) is 0 Å². The molecule has 4 heteroatoms. The van der Waals surface area contributed by atoms with Gasteiger partial charge >= 0.3 is 0 Å². The SMILES string of the molecule is CCc1ccc(C(=O)N(C)C2CCCNCC2)s1. The molecule has 0 aliphatic carbocycles. The first-order valence-corrected chi connectivity index (χ1v) is 7.60. The van der Waals surface area contributed by atoms with Crippen molar-refractivity contribution in [2.75, 3.05) is 20.1 Å². The minimum Gasteiger partial charge on any atom is -0.338 e. The fourth-order valence-electron chi connectivity index (χ4n) is 2.41. The molecule has 2 rings (SSSR count). The first-order chi connectivity index (χ1) is 8.72. The van der Waals surface area contributed by atoms with Crippen LogP contribution in [0.1, 0.15) is 40.7 Å². The number of hydrogen-bond donors (Lipinski definition) is 1. The van der Waals surface area contributed by atoms with E-state index in [-0.39, 0.29) is 5.91 Å². The molecule has 3 nitrogen and oxygen atoms in total. The Bertz CT molecular complexity index is 394. The molecule has 1 N–H and O–H groups in total. The Morgan fingerprint density at radius 3 is 3.00 bits per heavy atom. The molecule has 0 spiro atoms. The maximum Gasteiger partial charge on any atom is 0.263 e. The van der Waals surface area contributed by atoms with Gasteiger partial charge in [0.1, 0.15) is 0 Å². The summed E-state index contributed by atoms with van der Waals surface area (Å²) in [4.78, 5) is 16.5. The quantitative estimate of drug-likeness (QED) is 0.912. The largest absolute Gasteiger partial charge is 0.338 e. The number of carbonyl (C=O) groups is 1. The van der Waals surface area contributed by atoms with Crippen molar-refractivity contribution < 1.29 is 4.79 Å². The Hall–Kier alpha value is -0.870. The number of aryl methyl sites for hydroxylation is 1. The molecule has 0 bridgehead atoms. The number of rotatable bonds is 3. The van der Waals surface area contributed by atoms with Gasteiger partial charge in [-0.1, -0.05) is 6.92 Å². The Morgan fingerprint density at radius 2 is 2.28 bits per heavy atom. The van der Waals surface area contributed by atoms with Gasteiger partial charge in [-0.3, -0.25) is 4.79 Å². The van der Waals surface area contributed by atoms with Gasteiger partial charge in [0.25, 0.3) is 5.91 Å². The van der Waals surface area contributed by atoms with E-state index in [9.17, 15) is 4.79 Å². The number of amides is 1. The van der Waals surface area contributed by atoms with Gasteiger partial charge in [-0.2, -0.15) is 0 Å². The fraction of sp³-hybridized carbons (Fsp3) is 0.643. The standard InChI is InChI=1S/C14H22N2OS/c1-3-12-6-7-13(18-12)14(17)16(2)11-5-4-9-15-10-8-11/h6-7,11,15H,3-5,8-10H2,1-2H3. The molecule has 0 saturated carbocycles. The van der Waals surface area contributed by atoms with Crippen LogP contribution >= 0.6 is 11.3 Å². The van der Waals surface area contributed by atoms with Gasteiger partial charge < -0.3 is 10.2 Å². The molecule has 1 aromatic rings. The van der Waals surface area contributed by atoms with E-state index in [1.807, 2.05) is 18.0 Å². The molecular weight excluding hydrogens is 244 g/mol. The molecule has 18 heavy (non-hydrogen) atoms. The summed E-state index contributed by atoms with van der Waals surface area (Å²) in [6.07, 6.45) is 4.34. The average molecular weight is 266 g/mol. The minimum absolute atomic E-state index is 0.187. The van der Waals surface area contributed by atoms with E-state index in [2.05, 4.69) is 18.3 Å². The number of thiophene rings is 1. The molecular formula is C14H22N2OS. The lowest BCUT2D eigenvalue weighted by molar-refractivity contribution is 0.0725. The molecule has 1 unspecified atom stereocenters. The lowest BCUT2D eigenvalue weighted by Gasteiger charge is -2.26. The Morgan fingerprint density at radius 1 is 1.44 bits per heavy atom. The van der Waals surface area contributed by atoms with Gasteiger partial charge in [0.15, 0.2) is 0 Å². The zero-order chi connectivity index (χ0) is 13.0. The summed E-state index contributed by atoms with van der Waals surface area (Å²) in [7, 11) is 1.95. The Balaban J connectivity index is 2.02. The van der Waals surface area contributed by atoms with Crippen molar-refractivity contribution in [3.63, 3.8) is 0 Å². The molecule has 1 aromatic heterocycles. The zero-order valence-corrected chi connectivity index (χ0v) is 12.1. The van der Waals surface area contributed by atoms with Crippen LogP contribution in [0.3, 0.4) is 0 Å². The van der Waals surface area contributed by atoms with E-state index >= 15 is 0 Å². The van der Waals surface area contributed by atoms with Crippen molar-refractivity contribution >= 4 is 17.2 Å². The maximum atomic E-state index is 12.4. The normalized spacial score (nSPS) is 20.4. The molecule has 1 amide bonds. The van der Waals surface area contributed by atoms with Crippen LogP contribution in [0.2, 0.25) is 0 Å². The second-order valence-electron chi connectivity index (χ2n) is 4.87. The second-order valence-corrected chi connectivity index (χ2v) is 6.04. The van der Waals surface area contributed by atoms with Gasteiger partial charge in [0, 0.05) is 18.0 Å². The predicted octanol–water partition coefficient (Wildman–Crippen LogP) is 2.52. The van der Waals surface area contributed by atoms with E-state index in [0.717, 1.165) is 43.6 Å². The average Bonchev–Trinajstić information content (AvgIpc) is 2.71. The molecule has 1 aliphatic rings. The van der Waals surface area contributed by atoms with Gasteiger partial charge in [-0.25, -0.2) is 0 Å². The van der Waals surface area contributed by atoms with Crippen molar-refractivity contribution in [1.82, 2.24) is 10.2 Å². The van der Waals surface area contributed by atoms with Crippen LogP contribution < -0.4 is 5.32 Å². The van der Waals surface area contributed by atoms with Crippen molar-refractivity contribution in [2.24, 2.45) is 0 Å². The molecule has 100 valence electrons. The van der Waals surface area contributed by atoms with E-state index < -0.39 is 0 Å². The molecule has 1 saturated heterocycles. The summed E-state index contributed by atoms with van der Waals surface area (Å²) in [5.74, 6) is 0.187. The monoisotopic (exact) mass is 266 g/mol. The van der Waals surface area contributed by atoms with Gasteiger partial charge in [0.05, 0.1) is 4.88 Å². The van der Waals surface area contributed by atoms with Gasteiger partial charge in [-0.05, 0) is 50.9 Å². The van der Waals surface area contributed by atoms with E-state index in [1.165, 1.54) is 4.88 Å². The van der Waals surface area contributed by atoms with Gasteiger partial charge in [-0.15, -0.1) is 11.3 Å². The van der Waals surface area contributed by atoms with E-state index in [0.29, 0.717) is 6.04 Å². The van der Waals surface area contributed by atoms with Gasteiger partial charge in [0.2, 0.25) is 0 Å². The summed E-state index contributed by atoms with van der Waals surface area (Å²) in [5, 5.41) is 3.39. The highest BCUT2D eigenvalue weighted by atomic mass is 32.1. The van der Waals surface area contributed by atoms with Crippen molar-refractivity contribution in [1.29, 1.82) is 0 Å². The van der Waals surface area contributed by atoms with Crippen LogP contribution in [0.4, 0.5) is 0 Å². The number of hydrogen-bond acceptors (Lipinski definition) is 3. The number of carbonyl (C=O) groups excluding carboxylic acids is 1. The third-order valence-corrected chi connectivity index (χ3v) is 4.85. The van der Waals surface area contributed by atoms with Crippen LogP contribution in [0.5, 0.6) is 0 Å². The van der Waals surface area contributed by atoms with Crippen LogP contribution in [0.15, 0.2) is 12.1 Å². The van der Waals surface area contributed by atoms with Crippen LogP contribution in [0.25, 0.3) is 0 Å². The highest BCUT2D eigenvalue weighted by Crippen LogP contribution is 2.21. The highest BCUT2D eigenvalue weighted by Gasteiger charge is 2.22. The van der Waals surface area contributed by atoms with Crippen LogP contribution in [-0.4, -0.2) is 37.0 Å². The predicted molar refractivity (Wildman–Crippen MR) is 76.3 cm³/mol. The maximum absolute atomic E-state index is 12.4.